The molecule has 0 atom stereocenters. The summed E-state index contributed by atoms with van der Waals surface area (Å²) in [6.07, 6.45) is 3.56. The van der Waals surface area contributed by atoms with Crippen LogP contribution in [0.5, 0.6) is 0 Å². The van der Waals surface area contributed by atoms with Gasteiger partial charge in [-0.15, -0.1) is 0 Å². The van der Waals surface area contributed by atoms with Crippen molar-refractivity contribution in [2.24, 2.45) is 0 Å². The fourth-order valence-electron chi connectivity index (χ4n) is 5.36. The fraction of sp³-hybridized carbons (Fsp3) is 0.379. The normalized spacial score (nSPS) is 17.3. The van der Waals surface area contributed by atoms with E-state index in [1.54, 1.807) is 6.07 Å². The number of amides is 1. The Labute approximate surface area is 245 Å². The third kappa shape index (κ3) is 6.97. The number of carbonyl (C=O) groups is 1. The number of rotatable bonds is 7. The Morgan fingerprint density at radius 3 is 2.33 bits per heavy atom. The van der Waals surface area contributed by atoms with Crippen molar-refractivity contribution in [2.45, 2.75) is 32.0 Å². The molecule has 212 valence electrons. The van der Waals surface area contributed by atoms with Crippen molar-refractivity contribution in [3.8, 4) is 0 Å². The van der Waals surface area contributed by atoms with Crippen LogP contribution in [0.25, 0.3) is 0 Å². The van der Waals surface area contributed by atoms with Gasteiger partial charge in [0, 0.05) is 73.2 Å². The fourth-order valence-corrected chi connectivity index (χ4v) is 5.98. The molecular formula is C29H30BrClF3N5O. The lowest BCUT2D eigenvalue weighted by Gasteiger charge is -2.43. The number of benzene rings is 2. The molecule has 1 aromatic heterocycles. The Balaban J connectivity index is 1.09. The minimum atomic E-state index is -0.715. The summed E-state index contributed by atoms with van der Waals surface area (Å²) in [6, 6.07) is 10.5. The number of halogens is 5. The number of nitrogens with zero attached hydrogens (tertiary/aromatic N) is 4. The Bertz CT molecular complexity index is 1360. The zero-order valence-electron chi connectivity index (χ0n) is 21.9. The zero-order valence-corrected chi connectivity index (χ0v) is 24.2. The number of nitrogens with one attached hydrogen (secondary N) is 1. The first kappa shape index (κ1) is 28.9. The van der Waals surface area contributed by atoms with E-state index in [1.807, 2.05) is 12.1 Å². The molecule has 11 heteroatoms. The number of piperidine rings is 1. The molecule has 0 unspecified atom stereocenters. The van der Waals surface area contributed by atoms with Crippen LogP contribution in [0.2, 0.25) is 5.02 Å². The molecule has 2 aromatic carbocycles. The lowest BCUT2D eigenvalue weighted by Crippen LogP contribution is -2.53. The molecular weight excluding hydrogens is 607 g/mol. The van der Waals surface area contributed by atoms with E-state index in [9.17, 15) is 18.0 Å². The smallest absolute Gasteiger partial charge is 0.253 e. The van der Waals surface area contributed by atoms with Gasteiger partial charge in [0.05, 0.1) is 10.6 Å². The SMILES string of the molecule is O=C(NCc1ccc(F)cc1F)c1cnc(N2CCN(C3CCN(Cc4ccc(Br)cc4F)CC3)CC2)c(Cl)c1. The summed E-state index contributed by atoms with van der Waals surface area (Å²) >= 11 is 9.83. The van der Waals surface area contributed by atoms with E-state index in [0.717, 1.165) is 74.3 Å². The molecule has 2 saturated heterocycles. The molecule has 0 radical (unpaired) electrons. The van der Waals surface area contributed by atoms with Crippen molar-refractivity contribution in [2.75, 3.05) is 44.2 Å². The highest BCUT2D eigenvalue weighted by Gasteiger charge is 2.29. The minimum absolute atomic E-state index is 0.0771. The van der Waals surface area contributed by atoms with Crippen LogP contribution in [0.4, 0.5) is 19.0 Å². The number of aromatic nitrogens is 1. The van der Waals surface area contributed by atoms with Crippen LogP contribution in [-0.2, 0) is 13.1 Å². The average molecular weight is 637 g/mol. The summed E-state index contributed by atoms with van der Waals surface area (Å²) in [4.78, 5) is 24.0. The molecule has 3 aromatic rings. The first-order valence-corrected chi connectivity index (χ1v) is 14.5. The number of anilines is 1. The third-order valence-electron chi connectivity index (χ3n) is 7.63. The highest BCUT2D eigenvalue weighted by atomic mass is 79.9. The molecule has 40 heavy (non-hydrogen) atoms. The lowest BCUT2D eigenvalue weighted by atomic mass is 10.0. The van der Waals surface area contributed by atoms with E-state index in [0.29, 0.717) is 23.4 Å². The molecule has 2 fully saturated rings. The van der Waals surface area contributed by atoms with Gasteiger partial charge < -0.3 is 10.2 Å². The second-order valence-corrected chi connectivity index (χ2v) is 11.5. The predicted octanol–water partition coefficient (Wildman–Crippen LogP) is 5.63. The standard InChI is InChI=1S/C29H30BrClF3N5O/c30-22-3-1-20(26(33)14-22)18-37-7-5-24(6-8-37)38-9-11-39(12-10-38)28-25(31)13-21(17-35-28)29(40)36-16-19-2-4-23(32)15-27(19)34/h1-4,13-15,17,24H,5-12,16,18H2,(H,36,40). The van der Waals surface area contributed by atoms with Gasteiger partial charge >= 0.3 is 0 Å². The van der Waals surface area contributed by atoms with Crippen LogP contribution in [-0.4, -0.2) is 66.0 Å². The van der Waals surface area contributed by atoms with Gasteiger partial charge in [0.15, 0.2) is 0 Å². The van der Waals surface area contributed by atoms with Crippen molar-refractivity contribution >= 4 is 39.3 Å². The topological polar surface area (TPSA) is 51.7 Å². The number of pyridine rings is 1. The number of hydrogen-bond acceptors (Lipinski definition) is 5. The maximum atomic E-state index is 14.2. The molecule has 0 saturated carbocycles. The van der Waals surface area contributed by atoms with E-state index < -0.39 is 17.5 Å². The van der Waals surface area contributed by atoms with Gasteiger partial charge in [-0.05, 0) is 50.2 Å². The van der Waals surface area contributed by atoms with Crippen LogP contribution in [0.15, 0.2) is 53.1 Å². The first-order chi connectivity index (χ1) is 19.3. The zero-order chi connectivity index (χ0) is 28.2. The second kappa shape index (κ2) is 12.9. The van der Waals surface area contributed by atoms with Crippen molar-refractivity contribution < 1.29 is 18.0 Å². The van der Waals surface area contributed by atoms with E-state index in [4.69, 9.17) is 11.6 Å². The first-order valence-electron chi connectivity index (χ1n) is 13.3. The summed E-state index contributed by atoms with van der Waals surface area (Å²) < 4.78 is 41.9. The van der Waals surface area contributed by atoms with Gasteiger partial charge in [-0.25, -0.2) is 18.2 Å². The maximum absolute atomic E-state index is 14.2. The molecule has 0 aliphatic carbocycles. The van der Waals surface area contributed by atoms with Gasteiger partial charge in [0.1, 0.15) is 23.3 Å². The molecule has 1 amide bonds. The molecule has 0 spiro atoms. The van der Waals surface area contributed by atoms with Crippen LogP contribution in [0.3, 0.4) is 0 Å². The van der Waals surface area contributed by atoms with Gasteiger partial charge in [0.25, 0.3) is 5.91 Å². The molecule has 5 rings (SSSR count). The summed E-state index contributed by atoms with van der Waals surface area (Å²) in [5.41, 5.74) is 1.18. The predicted molar refractivity (Wildman–Crippen MR) is 153 cm³/mol. The highest BCUT2D eigenvalue weighted by Crippen LogP contribution is 2.27. The average Bonchev–Trinajstić information content (AvgIpc) is 2.94. The van der Waals surface area contributed by atoms with Crippen molar-refractivity contribution in [1.29, 1.82) is 0 Å². The summed E-state index contributed by atoms with van der Waals surface area (Å²) in [5.74, 6) is -1.37. The monoisotopic (exact) mass is 635 g/mol. The Morgan fingerprint density at radius 1 is 0.950 bits per heavy atom. The highest BCUT2D eigenvalue weighted by molar-refractivity contribution is 9.10. The third-order valence-corrected chi connectivity index (χ3v) is 8.41. The molecule has 1 N–H and O–H groups in total. The quantitative estimate of drug-likeness (QED) is 0.365. The largest absolute Gasteiger partial charge is 0.353 e. The van der Waals surface area contributed by atoms with Gasteiger partial charge in [0.2, 0.25) is 0 Å². The summed E-state index contributed by atoms with van der Waals surface area (Å²) in [6.45, 7) is 5.73. The Morgan fingerprint density at radius 2 is 1.65 bits per heavy atom. The van der Waals surface area contributed by atoms with Crippen molar-refractivity contribution in [3.63, 3.8) is 0 Å². The molecule has 2 aliphatic rings. The van der Waals surface area contributed by atoms with E-state index in [1.165, 1.54) is 18.3 Å². The number of carbonyl (C=O) groups excluding carboxylic acids is 1. The van der Waals surface area contributed by atoms with E-state index >= 15 is 0 Å². The number of likely N-dealkylation sites (tertiary alicyclic amines) is 1. The van der Waals surface area contributed by atoms with Gasteiger partial charge in [-0.2, -0.15) is 0 Å². The second-order valence-electron chi connectivity index (χ2n) is 10.2. The van der Waals surface area contributed by atoms with Crippen LogP contribution >= 0.6 is 27.5 Å². The molecule has 3 heterocycles. The molecule has 6 nitrogen and oxygen atoms in total. The number of hydrogen-bond donors (Lipinski definition) is 1. The summed E-state index contributed by atoms with van der Waals surface area (Å²) in [7, 11) is 0. The summed E-state index contributed by atoms with van der Waals surface area (Å²) in [5, 5.41) is 3.00. The van der Waals surface area contributed by atoms with E-state index in [-0.39, 0.29) is 23.5 Å². The molecule has 0 bridgehead atoms. The number of piperazine rings is 1. The Hall–Kier alpha value is -2.66. The van der Waals surface area contributed by atoms with E-state index in [2.05, 4.69) is 40.9 Å². The molecule has 2 aliphatic heterocycles. The van der Waals surface area contributed by atoms with Crippen LogP contribution in [0, 0.1) is 17.5 Å². The van der Waals surface area contributed by atoms with Crippen molar-refractivity contribution in [1.82, 2.24) is 20.1 Å². The maximum Gasteiger partial charge on any atom is 0.253 e. The van der Waals surface area contributed by atoms with Crippen molar-refractivity contribution in [3.05, 3.63) is 92.3 Å². The Kier molecular flexibility index (Phi) is 9.30. The van der Waals surface area contributed by atoms with Crippen LogP contribution < -0.4 is 10.2 Å². The van der Waals surface area contributed by atoms with Crippen LogP contribution in [0.1, 0.15) is 34.3 Å². The van der Waals surface area contributed by atoms with Gasteiger partial charge in [-0.3, -0.25) is 14.6 Å². The van der Waals surface area contributed by atoms with Gasteiger partial charge in [-0.1, -0.05) is 39.7 Å². The lowest BCUT2D eigenvalue weighted by molar-refractivity contribution is 0.0950. The minimum Gasteiger partial charge on any atom is -0.353 e.